The molecular weight excluding hydrogens is 392 g/mol. The van der Waals surface area contributed by atoms with Crippen molar-refractivity contribution in [3.8, 4) is 10.4 Å². The molecular formula is C21H18N2O3S2. The molecule has 1 aromatic carbocycles. The standard InChI is InChI=1S/C21H18N2O3S2/c1-11-6-7-14(9-12(11)2)21(25)26-13(3)18-22-19(24)17-15(10-28-20(17)23-18)16-5-4-8-27-16/h4-10,13H,1-3H3,(H,22,23,24)/t13-/m1/s1. The fraction of sp³-hybridized carbons (Fsp3) is 0.190. The van der Waals surface area contributed by atoms with E-state index in [0.717, 1.165) is 21.6 Å². The van der Waals surface area contributed by atoms with Crippen molar-refractivity contribution in [3.05, 3.63) is 74.0 Å². The van der Waals surface area contributed by atoms with Gasteiger partial charge in [-0.2, -0.15) is 0 Å². The van der Waals surface area contributed by atoms with Crippen molar-refractivity contribution in [2.75, 3.05) is 0 Å². The number of rotatable bonds is 4. The van der Waals surface area contributed by atoms with Crippen molar-refractivity contribution in [1.29, 1.82) is 0 Å². The highest BCUT2D eigenvalue weighted by Crippen LogP contribution is 2.33. The summed E-state index contributed by atoms with van der Waals surface area (Å²) in [5, 5.41) is 4.49. The molecule has 0 saturated heterocycles. The van der Waals surface area contributed by atoms with Crippen LogP contribution in [0.15, 0.2) is 45.9 Å². The number of carbonyl (C=O) groups is 1. The molecule has 0 unspecified atom stereocenters. The average Bonchev–Trinajstić information content (AvgIpc) is 3.33. The number of hydrogen-bond donors (Lipinski definition) is 1. The lowest BCUT2D eigenvalue weighted by molar-refractivity contribution is 0.0320. The third kappa shape index (κ3) is 3.39. The Balaban J connectivity index is 1.63. The molecule has 0 aliphatic rings. The molecule has 0 fully saturated rings. The summed E-state index contributed by atoms with van der Waals surface area (Å²) in [7, 11) is 0. The number of nitrogens with one attached hydrogen (secondary N) is 1. The number of benzene rings is 1. The van der Waals surface area contributed by atoms with Gasteiger partial charge in [-0.25, -0.2) is 9.78 Å². The fourth-order valence-electron chi connectivity index (χ4n) is 2.92. The largest absolute Gasteiger partial charge is 0.451 e. The number of H-pyrrole nitrogens is 1. The fourth-order valence-corrected chi connectivity index (χ4v) is 4.69. The molecule has 1 atom stereocenters. The maximum absolute atomic E-state index is 12.7. The first-order chi connectivity index (χ1) is 13.4. The lowest BCUT2D eigenvalue weighted by Gasteiger charge is -2.13. The minimum Gasteiger partial charge on any atom is -0.451 e. The quantitative estimate of drug-likeness (QED) is 0.467. The number of carbonyl (C=O) groups excluding carboxylic acids is 1. The van der Waals surface area contributed by atoms with Crippen molar-refractivity contribution >= 4 is 38.9 Å². The molecule has 0 aliphatic heterocycles. The lowest BCUT2D eigenvalue weighted by atomic mass is 10.1. The number of thiophene rings is 2. The Hall–Kier alpha value is -2.77. The van der Waals surface area contributed by atoms with Gasteiger partial charge < -0.3 is 9.72 Å². The van der Waals surface area contributed by atoms with E-state index in [-0.39, 0.29) is 5.56 Å². The second kappa shape index (κ2) is 7.33. The third-order valence-corrected chi connectivity index (χ3v) is 6.44. The zero-order valence-electron chi connectivity index (χ0n) is 15.6. The SMILES string of the molecule is Cc1ccc(C(=O)O[C@H](C)c2nc3scc(-c4cccs4)c3c(=O)[nH]2)cc1C. The van der Waals surface area contributed by atoms with Crippen LogP contribution in [0.3, 0.4) is 0 Å². The molecule has 28 heavy (non-hydrogen) atoms. The van der Waals surface area contributed by atoms with Crippen LogP contribution < -0.4 is 5.56 Å². The van der Waals surface area contributed by atoms with Gasteiger partial charge in [0.15, 0.2) is 11.9 Å². The minimum absolute atomic E-state index is 0.223. The summed E-state index contributed by atoms with van der Waals surface area (Å²) >= 11 is 2.99. The second-order valence-electron chi connectivity index (χ2n) is 6.60. The number of hydrogen-bond acceptors (Lipinski definition) is 6. The first-order valence-corrected chi connectivity index (χ1v) is 10.5. The molecule has 0 bridgehead atoms. The summed E-state index contributed by atoms with van der Waals surface area (Å²) in [5.41, 5.74) is 3.28. The molecule has 5 nitrogen and oxygen atoms in total. The number of fused-ring (bicyclic) bond motifs is 1. The average molecular weight is 411 g/mol. The van der Waals surface area contributed by atoms with Gasteiger partial charge >= 0.3 is 5.97 Å². The van der Waals surface area contributed by atoms with Gasteiger partial charge in [0.1, 0.15) is 4.83 Å². The Kier molecular flexibility index (Phi) is 4.87. The van der Waals surface area contributed by atoms with E-state index < -0.39 is 12.1 Å². The van der Waals surface area contributed by atoms with Gasteiger partial charge in [0, 0.05) is 15.8 Å². The summed E-state index contributed by atoms with van der Waals surface area (Å²) in [6.45, 7) is 5.64. The molecule has 4 rings (SSSR count). The maximum atomic E-state index is 12.7. The Morgan fingerprint density at radius 2 is 2.00 bits per heavy atom. The summed E-state index contributed by atoms with van der Waals surface area (Å²) < 4.78 is 5.54. The first kappa shape index (κ1) is 18.6. The monoisotopic (exact) mass is 410 g/mol. The van der Waals surface area contributed by atoms with Crippen LogP contribution in [0.25, 0.3) is 20.7 Å². The predicted octanol–water partition coefficient (Wildman–Crippen LogP) is 5.25. The van der Waals surface area contributed by atoms with E-state index in [4.69, 9.17) is 4.74 Å². The van der Waals surface area contributed by atoms with Gasteiger partial charge in [-0.15, -0.1) is 22.7 Å². The molecule has 0 radical (unpaired) electrons. The molecule has 0 spiro atoms. The van der Waals surface area contributed by atoms with Crippen LogP contribution in [0.4, 0.5) is 0 Å². The Morgan fingerprint density at radius 3 is 2.71 bits per heavy atom. The van der Waals surface area contributed by atoms with E-state index in [1.165, 1.54) is 11.3 Å². The topological polar surface area (TPSA) is 72.0 Å². The first-order valence-electron chi connectivity index (χ1n) is 8.77. The van der Waals surface area contributed by atoms with Gasteiger partial charge in [-0.3, -0.25) is 4.79 Å². The van der Waals surface area contributed by atoms with Gasteiger partial charge in [-0.1, -0.05) is 12.1 Å². The Bertz CT molecular complexity index is 1220. The zero-order chi connectivity index (χ0) is 19.8. The van der Waals surface area contributed by atoms with E-state index in [1.54, 1.807) is 30.4 Å². The highest BCUT2D eigenvalue weighted by atomic mass is 32.1. The third-order valence-electron chi connectivity index (χ3n) is 4.66. The van der Waals surface area contributed by atoms with Crippen LogP contribution in [0.5, 0.6) is 0 Å². The molecule has 0 amide bonds. The summed E-state index contributed by atoms with van der Waals surface area (Å²) in [4.78, 5) is 34.1. The summed E-state index contributed by atoms with van der Waals surface area (Å²) in [6.07, 6.45) is -0.668. The van der Waals surface area contributed by atoms with Gasteiger partial charge in [0.25, 0.3) is 5.56 Å². The van der Waals surface area contributed by atoms with Crippen molar-refractivity contribution in [2.45, 2.75) is 26.9 Å². The molecule has 4 aromatic rings. The number of aromatic amines is 1. The molecule has 7 heteroatoms. The molecule has 3 aromatic heterocycles. The Morgan fingerprint density at radius 1 is 1.18 bits per heavy atom. The number of nitrogens with zero attached hydrogens (tertiary/aromatic N) is 1. The highest BCUT2D eigenvalue weighted by Gasteiger charge is 2.19. The van der Waals surface area contributed by atoms with Crippen molar-refractivity contribution in [2.24, 2.45) is 0 Å². The normalized spacial score (nSPS) is 12.2. The zero-order valence-corrected chi connectivity index (χ0v) is 17.2. The highest BCUT2D eigenvalue weighted by molar-refractivity contribution is 7.18. The van der Waals surface area contributed by atoms with Gasteiger partial charge in [-0.05, 0) is 55.5 Å². The number of aromatic nitrogens is 2. The molecule has 1 N–H and O–H groups in total. The van der Waals surface area contributed by atoms with Gasteiger partial charge in [0.2, 0.25) is 0 Å². The minimum atomic E-state index is -0.668. The maximum Gasteiger partial charge on any atom is 0.338 e. The van der Waals surface area contributed by atoms with E-state index >= 15 is 0 Å². The van der Waals surface area contributed by atoms with Crippen molar-refractivity contribution in [1.82, 2.24) is 9.97 Å². The summed E-state index contributed by atoms with van der Waals surface area (Å²) in [5.74, 6) is -0.0990. The predicted molar refractivity (Wildman–Crippen MR) is 113 cm³/mol. The van der Waals surface area contributed by atoms with Crippen LogP contribution >= 0.6 is 22.7 Å². The molecule has 0 aliphatic carbocycles. The van der Waals surface area contributed by atoms with Crippen LogP contribution in [0.1, 0.15) is 40.3 Å². The summed E-state index contributed by atoms with van der Waals surface area (Å²) in [6, 6.07) is 9.36. The van der Waals surface area contributed by atoms with Crippen molar-refractivity contribution in [3.63, 3.8) is 0 Å². The van der Waals surface area contributed by atoms with Crippen LogP contribution in [0.2, 0.25) is 0 Å². The van der Waals surface area contributed by atoms with E-state index in [0.29, 0.717) is 21.6 Å². The van der Waals surface area contributed by atoms with Crippen LogP contribution in [0, 0.1) is 13.8 Å². The lowest BCUT2D eigenvalue weighted by Crippen LogP contribution is -2.17. The van der Waals surface area contributed by atoms with E-state index in [2.05, 4.69) is 9.97 Å². The number of aryl methyl sites for hydroxylation is 2. The number of esters is 1. The molecule has 142 valence electrons. The van der Waals surface area contributed by atoms with E-state index in [1.807, 2.05) is 42.8 Å². The van der Waals surface area contributed by atoms with Crippen LogP contribution in [-0.4, -0.2) is 15.9 Å². The Labute approximate surface area is 169 Å². The molecule has 0 saturated carbocycles. The molecule has 3 heterocycles. The van der Waals surface area contributed by atoms with Crippen LogP contribution in [-0.2, 0) is 4.74 Å². The number of ether oxygens (including phenoxy) is 1. The van der Waals surface area contributed by atoms with E-state index in [9.17, 15) is 9.59 Å². The second-order valence-corrected chi connectivity index (χ2v) is 8.41. The van der Waals surface area contributed by atoms with Gasteiger partial charge in [0.05, 0.1) is 10.9 Å². The smallest absolute Gasteiger partial charge is 0.338 e. The van der Waals surface area contributed by atoms with Crippen molar-refractivity contribution < 1.29 is 9.53 Å².